The fourth-order valence-corrected chi connectivity index (χ4v) is 4.88. The van der Waals surface area contributed by atoms with Gasteiger partial charge in [-0.2, -0.15) is 30.7 Å². The van der Waals surface area contributed by atoms with Crippen LogP contribution in [0.1, 0.15) is 92.4 Å². The van der Waals surface area contributed by atoms with E-state index in [1.54, 1.807) is 60.7 Å². The van der Waals surface area contributed by atoms with Crippen LogP contribution in [-0.2, 0) is 9.47 Å². The lowest BCUT2D eigenvalue weighted by Gasteiger charge is -2.27. The second-order valence-electron chi connectivity index (χ2n) is 12.2. The molecule has 0 bridgehead atoms. The summed E-state index contributed by atoms with van der Waals surface area (Å²) in [7, 11) is 0. The van der Waals surface area contributed by atoms with E-state index < -0.39 is 37.2 Å². The first kappa shape index (κ1) is 41.3. The highest BCUT2D eigenvalue weighted by Gasteiger charge is 2.72. The Morgan fingerprint density at radius 2 is 1.14 bits per heavy atom. The molecule has 51 heavy (non-hydrogen) atoms. The Bertz CT molecular complexity index is 1490. The Hall–Kier alpha value is -4.13. The molecule has 0 aliphatic carbocycles. The maximum Gasteiger partial charge on any atom is 0.459 e. The summed E-state index contributed by atoms with van der Waals surface area (Å²) in [6.45, 7) is 1.92. The average Bonchev–Trinajstić information content (AvgIpc) is 3.09. The van der Waals surface area contributed by atoms with Gasteiger partial charge in [0.2, 0.25) is 0 Å². The van der Waals surface area contributed by atoms with E-state index in [1.807, 2.05) is 19.1 Å². The molecule has 13 heteroatoms. The van der Waals surface area contributed by atoms with Crippen molar-refractivity contribution in [2.75, 3.05) is 19.8 Å². The fraction of sp³-hybridized carbons (Fsp3) is 0.474. The SMILES string of the molecule is CCCCCC[C@H](C)OC(=O)c1ccc(-c2ccc(OC(=O)c3ccc(OCCCCCCOCC(F)(F)C(F)(F)C(F)(F)F)cc3)cc2)cc1. The maximum absolute atomic E-state index is 13.2. The van der Waals surface area contributed by atoms with Crippen molar-refractivity contribution in [3.63, 3.8) is 0 Å². The molecule has 0 radical (unpaired) electrons. The van der Waals surface area contributed by atoms with Crippen LogP contribution in [0.2, 0.25) is 0 Å². The smallest absolute Gasteiger partial charge is 0.459 e. The molecule has 280 valence electrons. The first-order valence-corrected chi connectivity index (χ1v) is 16.9. The van der Waals surface area contributed by atoms with Gasteiger partial charge in [0.05, 0.1) is 23.8 Å². The highest BCUT2D eigenvalue weighted by molar-refractivity contribution is 5.91. The third-order valence-corrected chi connectivity index (χ3v) is 7.93. The van der Waals surface area contributed by atoms with Crippen molar-refractivity contribution in [3.8, 4) is 22.6 Å². The minimum Gasteiger partial charge on any atom is -0.494 e. The summed E-state index contributed by atoms with van der Waals surface area (Å²) in [6, 6.07) is 20.3. The molecule has 0 aliphatic rings. The number of rotatable bonds is 21. The van der Waals surface area contributed by atoms with Crippen LogP contribution in [0, 0.1) is 0 Å². The minimum atomic E-state index is -6.37. The van der Waals surface area contributed by atoms with Gasteiger partial charge in [0.25, 0.3) is 0 Å². The van der Waals surface area contributed by atoms with Gasteiger partial charge in [0, 0.05) is 6.61 Å². The number of carbonyl (C=O) groups is 2. The van der Waals surface area contributed by atoms with Crippen LogP contribution in [0.3, 0.4) is 0 Å². The summed E-state index contributed by atoms with van der Waals surface area (Å²) in [5.74, 6) is -11.6. The Morgan fingerprint density at radius 3 is 1.73 bits per heavy atom. The number of halogens is 7. The second-order valence-corrected chi connectivity index (χ2v) is 12.2. The van der Waals surface area contributed by atoms with Gasteiger partial charge in [-0.1, -0.05) is 56.9 Å². The molecule has 0 fully saturated rings. The highest BCUT2D eigenvalue weighted by atomic mass is 19.4. The molecule has 0 unspecified atom stereocenters. The van der Waals surface area contributed by atoms with Crippen molar-refractivity contribution in [2.24, 2.45) is 0 Å². The van der Waals surface area contributed by atoms with Crippen LogP contribution >= 0.6 is 0 Å². The molecular weight excluding hydrogens is 685 g/mol. The van der Waals surface area contributed by atoms with E-state index in [2.05, 4.69) is 11.7 Å². The normalized spacial score (nSPS) is 12.7. The number of hydrogen-bond acceptors (Lipinski definition) is 6. The topological polar surface area (TPSA) is 71.1 Å². The molecule has 3 aromatic carbocycles. The van der Waals surface area contributed by atoms with Crippen molar-refractivity contribution in [2.45, 2.75) is 95.8 Å². The van der Waals surface area contributed by atoms with Gasteiger partial charge in [-0.25, -0.2) is 9.59 Å². The van der Waals surface area contributed by atoms with Crippen molar-refractivity contribution in [1.82, 2.24) is 0 Å². The number of alkyl halides is 7. The molecule has 0 amide bonds. The molecule has 0 saturated carbocycles. The van der Waals surface area contributed by atoms with Gasteiger partial charge in [-0.3, -0.25) is 0 Å². The van der Waals surface area contributed by atoms with E-state index in [1.165, 1.54) is 6.42 Å². The van der Waals surface area contributed by atoms with Gasteiger partial charge in [-0.05, 0) is 98.7 Å². The second kappa shape index (κ2) is 19.5. The first-order valence-electron chi connectivity index (χ1n) is 16.9. The molecule has 0 heterocycles. The lowest BCUT2D eigenvalue weighted by atomic mass is 10.0. The Balaban J connectivity index is 1.34. The highest BCUT2D eigenvalue weighted by Crippen LogP contribution is 2.46. The zero-order valence-corrected chi connectivity index (χ0v) is 28.6. The number of hydrogen-bond donors (Lipinski definition) is 0. The van der Waals surface area contributed by atoms with Crippen molar-refractivity contribution >= 4 is 11.9 Å². The zero-order valence-electron chi connectivity index (χ0n) is 28.6. The number of carbonyl (C=O) groups excluding carboxylic acids is 2. The van der Waals surface area contributed by atoms with E-state index in [4.69, 9.17) is 14.2 Å². The lowest BCUT2D eigenvalue weighted by Crippen LogP contribution is -2.54. The molecule has 0 spiro atoms. The molecule has 0 saturated heterocycles. The maximum atomic E-state index is 13.2. The Labute approximate surface area is 293 Å². The molecule has 6 nitrogen and oxygen atoms in total. The van der Waals surface area contributed by atoms with Crippen molar-refractivity contribution < 1.29 is 59.3 Å². The third-order valence-electron chi connectivity index (χ3n) is 7.93. The lowest BCUT2D eigenvalue weighted by molar-refractivity contribution is -0.361. The van der Waals surface area contributed by atoms with Crippen LogP contribution in [0.15, 0.2) is 72.8 Å². The van der Waals surface area contributed by atoms with E-state index in [0.29, 0.717) is 41.9 Å². The van der Waals surface area contributed by atoms with Crippen molar-refractivity contribution in [1.29, 1.82) is 0 Å². The zero-order chi connectivity index (χ0) is 37.5. The summed E-state index contributed by atoms with van der Waals surface area (Å²) in [5, 5.41) is 0. The van der Waals surface area contributed by atoms with Crippen LogP contribution in [0.4, 0.5) is 30.7 Å². The van der Waals surface area contributed by atoms with Gasteiger partial charge in [-0.15, -0.1) is 0 Å². The summed E-state index contributed by atoms with van der Waals surface area (Å²) in [5.41, 5.74) is 2.51. The quantitative estimate of drug-likeness (QED) is 0.0471. The van der Waals surface area contributed by atoms with Gasteiger partial charge < -0.3 is 18.9 Å². The van der Waals surface area contributed by atoms with E-state index in [-0.39, 0.29) is 25.1 Å². The average molecular weight is 729 g/mol. The van der Waals surface area contributed by atoms with Crippen LogP contribution in [0.25, 0.3) is 11.1 Å². The van der Waals surface area contributed by atoms with E-state index in [0.717, 1.165) is 36.8 Å². The molecule has 0 aromatic heterocycles. The number of unbranched alkanes of at least 4 members (excludes halogenated alkanes) is 6. The van der Waals surface area contributed by atoms with Gasteiger partial charge in [0.15, 0.2) is 0 Å². The Morgan fingerprint density at radius 1 is 0.627 bits per heavy atom. The summed E-state index contributed by atoms with van der Waals surface area (Å²) in [4.78, 5) is 25.2. The molecule has 0 N–H and O–H groups in total. The molecule has 1 atom stereocenters. The van der Waals surface area contributed by atoms with E-state index >= 15 is 0 Å². The Kier molecular flexibility index (Phi) is 15.8. The molecule has 3 aromatic rings. The molecule has 0 aliphatic heterocycles. The van der Waals surface area contributed by atoms with Gasteiger partial charge in [0.1, 0.15) is 18.1 Å². The third kappa shape index (κ3) is 12.9. The number of benzene rings is 3. The number of ether oxygens (including phenoxy) is 4. The van der Waals surface area contributed by atoms with E-state index in [9.17, 15) is 40.3 Å². The number of esters is 2. The fourth-order valence-electron chi connectivity index (χ4n) is 4.88. The van der Waals surface area contributed by atoms with Crippen LogP contribution in [0.5, 0.6) is 11.5 Å². The standard InChI is InChI=1S/C38H43F7O6/c1-3-4-5-8-11-27(2)50-34(46)30-14-12-28(13-15-30)29-16-22-33(23-17-29)51-35(47)31-18-20-32(21-19-31)49-25-10-7-6-9-24-48-26-36(39,40)37(41,42)38(43,44)45/h12-23,27H,3-11,24-26H2,1-2H3/t27-/m0/s1. The minimum absolute atomic E-state index is 0.145. The predicted molar refractivity (Wildman–Crippen MR) is 178 cm³/mol. The first-order chi connectivity index (χ1) is 24.1. The monoisotopic (exact) mass is 728 g/mol. The molecular formula is C38H43F7O6. The van der Waals surface area contributed by atoms with Gasteiger partial charge >= 0.3 is 30.0 Å². The van der Waals surface area contributed by atoms with Crippen LogP contribution in [-0.4, -0.2) is 55.9 Å². The predicted octanol–water partition coefficient (Wildman–Crippen LogP) is 10.9. The summed E-state index contributed by atoms with van der Waals surface area (Å²) in [6.07, 6.45) is 0.572. The molecule has 3 rings (SSSR count). The summed E-state index contributed by atoms with van der Waals surface area (Å²) >= 11 is 0. The van der Waals surface area contributed by atoms with Crippen LogP contribution < -0.4 is 9.47 Å². The largest absolute Gasteiger partial charge is 0.494 e. The van der Waals surface area contributed by atoms with Crippen molar-refractivity contribution in [3.05, 3.63) is 83.9 Å². The summed E-state index contributed by atoms with van der Waals surface area (Å²) < 4.78 is 110.